The summed E-state index contributed by atoms with van der Waals surface area (Å²) in [4.78, 5) is 7.72. The molecule has 1 heterocycles. The van der Waals surface area contributed by atoms with Gasteiger partial charge in [0.05, 0.1) is 5.69 Å². The fourth-order valence-electron chi connectivity index (χ4n) is 0.435. The van der Waals surface area contributed by atoms with E-state index in [0.29, 0.717) is 6.54 Å². The van der Waals surface area contributed by atoms with E-state index in [9.17, 15) is 0 Å². The van der Waals surface area contributed by atoms with E-state index < -0.39 is 0 Å². The van der Waals surface area contributed by atoms with Crippen LogP contribution in [0.3, 0.4) is 0 Å². The van der Waals surface area contributed by atoms with Crippen LogP contribution in [0.25, 0.3) is 0 Å². The van der Waals surface area contributed by atoms with Crippen LogP contribution in [0.5, 0.6) is 0 Å². The lowest BCUT2D eigenvalue weighted by molar-refractivity contribution is 0.963. The minimum Gasteiger partial charge on any atom is -0.325 e. The van der Waals surface area contributed by atoms with E-state index in [0.717, 1.165) is 5.69 Å². The van der Waals surface area contributed by atoms with E-state index in [1.807, 2.05) is 0 Å². The number of aromatic nitrogens is 2. The summed E-state index contributed by atoms with van der Waals surface area (Å²) in [5, 5.41) is 0. The highest BCUT2D eigenvalue weighted by atomic mass is 35.5. The van der Waals surface area contributed by atoms with E-state index in [1.165, 1.54) is 0 Å². The molecule has 1 aromatic heterocycles. The van der Waals surface area contributed by atoms with Crippen molar-refractivity contribution in [3.8, 4) is 0 Å². The number of rotatable bonds is 1. The maximum absolute atomic E-state index is 5.25. The molecule has 0 aliphatic rings. The third-order valence-corrected chi connectivity index (χ3v) is 0.826. The fourth-order valence-corrected chi connectivity index (χ4v) is 0.435. The number of halogens is 2. The molecule has 1 aromatic rings. The van der Waals surface area contributed by atoms with E-state index in [2.05, 4.69) is 9.97 Å². The lowest BCUT2D eigenvalue weighted by atomic mass is 10.5. The largest absolute Gasteiger partial charge is 0.325 e. The summed E-state index contributed by atoms with van der Waals surface area (Å²) >= 11 is 0. The third kappa shape index (κ3) is 3.61. The SMILES string of the molecule is Cl.Cl.NCc1cnccn1. The zero-order valence-corrected chi connectivity index (χ0v) is 6.86. The Hall–Kier alpha value is -0.380. The van der Waals surface area contributed by atoms with E-state index in [-0.39, 0.29) is 24.8 Å². The van der Waals surface area contributed by atoms with Crippen LogP contribution in [-0.2, 0) is 6.54 Å². The Morgan fingerprint density at radius 3 is 2.30 bits per heavy atom. The summed E-state index contributed by atoms with van der Waals surface area (Å²) in [6.07, 6.45) is 4.90. The molecule has 0 amide bonds. The van der Waals surface area contributed by atoms with E-state index in [4.69, 9.17) is 5.73 Å². The molecule has 0 atom stereocenters. The molecule has 0 spiro atoms. The Morgan fingerprint density at radius 1 is 1.30 bits per heavy atom. The number of hydrogen-bond donors (Lipinski definition) is 1. The highest BCUT2D eigenvalue weighted by molar-refractivity contribution is 5.85. The van der Waals surface area contributed by atoms with Gasteiger partial charge >= 0.3 is 0 Å². The zero-order valence-electron chi connectivity index (χ0n) is 5.23. The van der Waals surface area contributed by atoms with Gasteiger partial charge in [-0.05, 0) is 0 Å². The molecular weight excluding hydrogens is 173 g/mol. The summed E-state index contributed by atoms with van der Waals surface area (Å²) in [5.41, 5.74) is 6.07. The Balaban J connectivity index is 0. The first kappa shape index (κ1) is 12.3. The van der Waals surface area contributed by atoms with Crippen LogP contribution < -0.4 is 5.73 Å². The topological polar surface area (TPSA) is 51.8 Å². The third-order valence-electron chi connectivity index (χ3n) is 0.826. The maximum atomic E-state index is 5.25. The van der Waals surface area contributed by atoms with Crippen LogP contribution in [0.4, 0.5) is 0 Å². The van der Waals surface area contributed by atoms with Gasteiger partial charge in [0, 0.05) is 25.1 Å². The maximum Gasteiger partial charge on any atom is 0.0722 e. The van der Waals surface area contributed by atoms with Gasteiger partial charge in [-0.2, -0.15) is 0 Å². The van der Waals surface area contributed by atoms with Gasteiger partial charge in [-0.1, -0.05) is 0 Å². The molecular formula is C5H9Cl2N3. The van der Waals surface area contributed by atoms with Crippen molar-refractivity contribution in [2.75, 3.05) is 0 Å². The summed E-state index contributed by atoms with van der Waals surface area (Å²) in [7, 11) is 0. The molecule has 0 aliphatic carbocycles. The van der Waals surface area contributed by atoms with Gasteiger partial charge < -0.3 is 5.73 Å². The first-order valence-corrected chi connectivity index (χ1v) is 2.38. The molecule has 3 nitrogen and oxygen atoms in total. The van der Waals surface area contributed by atoms with Crippen molar-refractivity contribution in [3.05, 3.63) is 24.3 Å². The van der Waals surface area contributed by atoms with Gasteiger partial charge in [-0.15, -0.1) is 24.8 Å². The minimum absolute atomic E-state index is 0. The Kier molecular flexibility index (Phi) is 8.29. The molecule has 0 unspecified atom stereocenters. The second-order valence-electron chi connectivity index (χ2n) is 1.40. The van der Waals surface area contributed by atoms with Crippen molar-refractivity contribution in [2.45, 2.75) is 6.54 Å². The molecule has 10 heavy (non-hydrogen) atoms. The summed E-state index contributed by atoms with van der Waals surface area (Å²) < 4.78 is 0. The van der Waals surface area contributed by atoms with Gasteiger partial charge in [0.1, 0.15) is 0 Å². The smallest absolute Gasteiger partial charge is 0.0722 e. The molecule has 58 valence electrons. The standard InChI is InChI=1S/C5H7N3.2ClH/c6-3-5-4-7-1-2-8-5;;/h1-2,4H,3,6H2;2*1H. The van der Waals surface area contributed by atoms with E-state index >= 15 is 0 Å². The summed E-state index contributed by atoms with van der Waals surface area (Å²) in [6.45, 7) is 0.466. The van der Waals surface area contributed by atoms with Gasteiger partial charge in [-0.3, -0.25) is 9.97 Å². The van der Waals surface area contributed by atoms with Crippen molar-refractivity contribution >= 4 is 24.8 Å². The molecule has 5 heteroatoms. The molecule has 0 saturated carbocycles. The van der Waals surface area contributed by atoms with Crippen molar-refractivity contribution in [3.63, 3.8) is 0 Å². The fraction of sp³-hybridized carbons (Fsp3) is 0.200. The van der Waals surface area contributed by atoms with Crippen LogP contribution in [0.1, 0.15) is 5.69 Å². The molecule has 1 rings (SSSR count). The molecule has 2 N–H and O–H groups in total. The molecule has 0 aliphatic heterocycles. The van der Waals surface area contributed by atoms with E-state index in [1.54, 1.807) is 18.6 Å². The summed E-state index contributed by atoms with van der Waals surface area (Å²) in [5.74, 6) is 0. The Morgan fingerprint density at radius 2 is 2.00 bits per heavy atom. The average Bonchev–Trinajstić information content (AvgIpc) is 1.90. The van der Waals surface area contributed by atoms with Crippen molar-refractivity contribution in [1.82, 2.24) is 9.97 Å². The first-order chi connectivity index (χ1) is 3.93. The van der Waals surface area contributed by atoms with Gasteiger partial charge in [-0.25, -0.2) is 0 Å². The van der Waals surface area contributed by atoms with Gasteiger partial charge in [0.15, 0.2) is 0 Å². The Labute approximate surface area is 71.9 Å². The summed E-state index contributed by atoms with van der Waals surface area (Å²) in [6, 6.07) is 0. The monoisotopic (exact) mass is 181 g/mol. The molecule has 0 fully saturated rings. The normalized spacial score (nSPS) is 7.30. The lowest BCUT2D eigenvalue weighted by Crippen LogP contribution is -1.98. The highest BCUT2D eigenvalue weighted by Crippen LogP contribution is 1.83. The Bertz CT molecular complexity index is 156. The molecule has 0 bridgehead atoms. The first-order valence-electron chi connectivity index (χ1n) is 2.38. The predicted molar refractivity (Wildman–Crippen MR) is 44.4 cm³/mol. The molecule has 0 saturated heterocycles. The van der Waals surface area contributed by atoms with Gasteiger partial charge in [0.2, 0.25) is 0 Å². The van der Waals surface area contributed by atoms with Crippen LogP contribution in [0.15, 0.2) is 18.6 Å². The average molecular weight is 182 g/mol. The van der Waals surface area contributed by atoms with Crippen LogP contribution in [-0.4, -0.2) is 9.97 Å². The van der Waals surface area contributed by atoms with Crippen LogP contribution >= 0.6 is 24.8 Å². The van der Waals surface area contributed by atoms with Crippen LogP contribution in [0.2, 0.25) is 0 Å². The van der Waals surface area contributed by atoms with Crippen molar-refractivity contribution < 1.29 is 0 Å². The quantitative estimate of drug-likeness (QED) is 0.698. The second-order valence-corrected chi connectivity index (χ2v) is 1.40. The number of hydrogen-bond acceptors (Lipinski definition) is 3. The zero-order chi connectivity index (χ0) is 5.82. The molecule has 0 radical (unpaired) electrons. The highest BCUT2D eigenvalue weighted by Gasteiger charge is 1.83. The minimum atomic E-state index is 0. The number of nitrogens with two attached hydrogens (primary N) is 1. The van der Waals surface area contributed by atoms with Crippen molar-refractivity contribution in [2.24, 2.45) is 5.73 Å². The lowest BCUT2D eigenvalue weighted by Gasteiger charge is -1.88. The van der Waals surface area contributed by atoms with Crippen LogP contribution in [0, 0.1) is 0 Å². The predicted octanol–water partition coefficient (Wildman–Crippen LogP) is 0.779. The molecule has 0 aromatic carbocycles. The number of nitrogens with zero attached hydrogens (tertiary/aromatic N) is 2. The van der Waals surface area contributed by atoms with Crippen molar-refractivity contribution in [1.29, 1.82) is 0 Å². The second kappa shape index (κ2) is 6.74. The van der Waals surface area contributed by atoms with Gasteiger partial charge in [0.25, 0.3) is 0 Å².